The van der Waals surface area contributed by atoms with Gasteiger partial charge in [0.1, 0.15) is 0 Å². The van der Waals surface area contributed by atoms with Crippen molar-refractivity contribution in [1.82, 2.24) is 0 Å². The van der Waals surface area contributed by atoms with E-state index >= 15 is 0 Å². The molecule has 1 heteroatoms. The van der Waals surface area contributed by atoms with Gasteiger partial charge in [-0.25, -0.2) is 0 Å². The highest BCUT2D eigenvalue weighted by Gasteiger charge is 2.11. The third-order valence-electron chi connectivity index (χ3n) is 4.29. The molecule has 1 nitrogen and oxygen atoms in total. The highest BCUT2D eigenvalue weighted by atomic mass is 14.6. The Hall–Kier alpha value is -1.60. The van der Waals surface area contributed by atoms with Crippen LogP contribution in [0, 0.1) is 34.6 Å². The molecule has 0 aromatic heterocycles. The maximum absolute atomic E-state index is 6.43. The summed E-state index contributed by atoms with van der Waals surface area (Å²) < 4.78 is 0. The Bertz CT molecular complexity index is 617. The summed E-state index contributed by atoms with van der Waals surface area (Å²) in [6.07, 6.45) is 1.89. The van der Waals surface area contributed by atoms with Crippen molar-refractivity contribution in [3.05, 3.63) is 69.3 Å². The highest BCUT2D eigenvalue weighted by molar-refractivity contribution is 5.38. The summed E-state index contributed by atoms with van der Waals surface area (Å²) in [4.78, 5) is 0. The van der Waals surface area contributed by atoms with Gasteiger partial charge in [0, 0.05) is 6.04 Å². The molecule has 0 fully saturated rings. The molecule has 0 amide bonds. The van der Waals surface area contributed by atoms with Crippen LogP contribution in [-0.2, 0) is 12.8 Å². The first-order valence-electron chi connectivity index (χ1n) is 7.75. The quantitative estimate of drug-likeness (QED) is 0.886. The summed E-state index contributed by atoms with van der Waals surface area (Å²) in [7, 11) is 0. The maximum Gasteiger partial charge on any atom is 0.0120 e. The molecule has 0 aliphatic heterocycles. The van der Waals surface area contributed by atoms with E-state index in [9.17, 15) is 0 Å². The molecule has 2 N–H and O–H groups in total. The van der Waals surface area contributed by atoms with Crippen LogP contribution in [0.2, 0.25) is 0 Å². The van der Waals surface area contributed by atoms with Gasteiger partial charge in [0.25, 0.3) is 0 Å². The lowest BCUT2D eigenvalue weighted by atomic mass is 9.91. The Morgan fingerprint density at radius 1 is 0.762 bits per heavy atom. The Morgan fingerprint density at radius 2 is 1.38 bits per heavy atom. The Labute approximate surface area is 129 Å². The second kappa shape index (κ2) is 6.44. The van der Waals surface area contributed by atoms with Crippen LogP contribution in [-0.4, -0.2) is 6.04 Å². The zero-order chi connectivity index (χ0) is 15.6. The van der Waals surface area contributed by atoms with Gasteiger partial charge in [0.15, 0.2) is 0 Å². The average molecular weight is 281 g/mol. The molecule has 112 valence electrons. The van der Waals surface area contributed by atoms with Gasteiger partial charge in [-0.05, 0) is 75.3 Å². The first kappa shape index (κ1) is 15.8. The standard InChI is InChI=1S/C20H27N/c1-13-6-7-15(3)18(10-13)11-19(21)12-20-16(4)8-14(2)9-17(20)5/h6-10,19H,11-12,21H2,1-5H3. The fraction of sp³-hybridized carbons (Fsp3) is 0.400. The van der Waals surface area contributed by atoms with Gasteiger partial charge in [-0.2, -0.15) is 0 Å². The topological polar surface area (TPSA) is 26.0 Å². The molecule has 0 saturated carbocycles. The number of hydrogen-bond acceptors (Lipinski definition) is 1. The van der Waals surface area contributed by atoms with Gasteiger partial charge >= 0.3 is 0 Å². The summed E-state index contributed by atoms with van der Waals surface area (Å²) >= 11 is 0. The first-order chi connectivity index (χ1) is 9.86. The van der Waals surface area contributed by atoms with E-state index in [0.29, 0.717) is 0 Å². The van der Waals surface area contributed by atoms with Crippen molar-refractivity contribution in [2.24, 2.45) is 5.73 Å². The lowest BCUT2D eigenvalue weighted by Crippen LogP contribution is -2.26. The van der Waals surface area contributed by atoms with Crippen LogP contribution in [0.4, 0.5) is 0 Å². The molecule has 0 bridgehead atoms. The van der Waals surface area contributed by atoms with E-state index in [1.165, 1.54) is 38.9 Å². The van der Waals surface area contributed by atoms with Crippen molar-refractivity contribution in [3.8, 4) is 0 Å². The zero-order valence-electron chi connectivity index (χ0n) is 14.0. The van der Waals surface area contributed by atoms with Gasteiger partial charge in [0.2, 0.25) is 0 Å². The number of rotatable bonds is 4. The van der Waals surface area contributed by atoms with E-state index in [0.717, 1.165) is 12.8 Å². The van der Waals surface area contributed by atoms with Crippen LogP contribution in [0.25, 0.3) is 0 Å². The Balaban J connectivity index is 2.15. The van der Waals surface area contributed by atoms with Crippen molar-refractivity contribution in [1.29, 1.82) is 0 Å². The van der Waals surface area contributed by atoms with Gasteiger partial charge in [-0.1, -0.05) is 41.5 Å². The summed E-state index contributed by atoms with van der Waals surface area (Å²) in [6.45, 7) is 10.9. The van der Waals surface area contributed by atoms with Crippen LogP contribution in [0.3, 0.4) is 0 Å². The van der Waals surface area contributed by atoms with E-state index in [1.54, 1.807) is 0 Å². The lowest BCUT2D eigenvalue weighted by Gasteiger charge is -2.18. The van der Waals surface area contributed by atoms with Gasteiger partial charge in [-0.15, -0.1) is 0 Å². The zero-order valence-corrected chi connectivity index (χ0v) is 14.0. The van der Waals surface area contributed by atoms with Crippen LogP contribution >= 0.6 is 0 Å². The number of nitrogens with two attached hydrogens (primary N) is 1. The normalized spacial score (nSPS) is 12.5. The molecule has 2 aromatic rings. The van der Waals surface area contributed by atoms with Crippen LogP contribution in [0.5, 0.6) is 0 Å². The molecule has 0 saturated heterocycles. The minimum Gasteiger partial charge on any atom is -0.327 e. The van der Waals surface area contributed by atoms with E-state index in [2.05, 4.69) is 65.0 Å². The molecule has 0 aliphatic carbocycles. The fourth-order valence-electron chi connectivity index (χ4n) is 3.17. The molecule has 2 aromatic carbocycles. The molecule has 1 atom stereocenters. The molecule has 0 radical (unpaired) electrons. The third-order valence-corrected chi connectivity index (χ3v) is 4.29. The van der Waals surface area contributed by atoms with Crippen molar-refractivity contribution in [3.63, 3.8) is 0 Å². The monoisotopic (exact) mass is 281 g/mol. The molecular formula is C20H27N. The lowest BCUT2D eigenvalue weighted by molar-refractivity contribution is 0.658. The van der Waals surface area contributed by atoms with E-state index < -0.39 is 0 Å². The van der Waals surface area contributed by atoms with Crippen LogP contribution in [0.15, 0.2) is 30.3 Å². The Morgan fingerprint density at radius 3 is 2.00 bits per heavy atom. The number of aryl methyl sites for hydroxylation is 5. The third kappa shape index (κ3) is 3.95. The minimum absolute atomic E-state index is 0.172. The predicted octanol–water partition coefficient (Wildman–Crippen LogP) is 4.34. The highest BCUT2D eigenvalue weighted by Crippen LogP contribution is 2.20. The van der Waals surface area contributed by atoms with Crippen LogP contribution < -0.4 is 5.73 Å². The fourth-order valence-corrected chi connectivity index (χ4v) is 3.17. The van der Waals surface area contributed by atoms with Crippen molar-refractivity contribution < 1.29 is 0 Å². The molecule has 21 heavy (non-hydrogen) atoms. The molecular weight excluding hydrogens is 254 g/mol. The van der Waals surface area contributed by atoms with Gasteiger partial charge in [-0.3, -0.25) is 0 Å². The summed E-state index contributed by atoms with van der Waals surface area (Å²) in [5.41, 5.74) is 15.9. The summed E-state index contributed by atoms with van der Waals surface area (Å²) in [5.74, 6) is 0. The molecule has 2 rings (SSSR count). The molecule has 0 aliphatic rings. The molecule has 0 spiro atoms. The SMILES string of the molecule is Cc1cc(C)c(CC(N)Cc2cc(C)ccc2C)c(C)c1. The Kier molecular flexibility index (Phi) is 4.84. The van der Waals surface area contributed by atoms with E-state index in [1.807, 2.05) is 0 Å². The second-order valence-corrected chi connectivity index (χ2v) is 6.48. The maximum atomic E-state index is 6.43. The van der Waals surface area contributed by atoms with Crippen molar-refractivity contribution in [2.45, 2.75) is 53.5 Å². The van der Waals surface area contributed by atoms with Crippen molar-refractivity contribution in [2.75, 3.05) is 0 Å². The second-order valence-electron chi connectivity index (χ2n) is 6.48. The minimum atomic E-state index is 0.172. The average Bonchev–Trinajstić information content (AvgIpc) is 2.38. The predicted molar refractivity (Wildman–Crippen MR) is 92.0 cm³/mol. The van der Waals surface area contributed by atoms with Crippen molar-refractivity contribution >= 4 is 0 Å². The number of hydrogen-bond donors (Lipinski definition) is 1. The smallest absolute Gasteiger partial charge is 0.0120 e. The molecule has 0 heterocycles. The largest absolute Gasteiger partial charge is 0.327 e. The van der Waals surface area contributed by atoms with Crippen LogP contribution in [0.1, 0.15) is 38.9 Å². The summed E-state index contributed by atoms with van der Waals surface area (Å²) in [6, 6.07) is 11.3. The van der Waals surface area contributed by atoms with Gasteiger partial charge in [0.05, 0.1) is 0 Å². The van der Waals surface area contributed by atoms with E-state index in [-0.39, 0.29) is 6.04 Å². The number of benzene rings is 2. The summed E-state index contributed by atoms with van der Waals surface area (Å²) in [5, 5.41) is 0. The van der Waals surface area contributed by atoms with E-state index in [4.69, 9.17) is 5.73 Å². The molecule has 1 unspecified atom stereocenters. The van der Waals surface area contributed by atoms with Gasteiger partial charge < -0.3 is 5.73 Å². The first-order valence-corrected chi connectivity index (χ1v) is 7.75.